The lowest BCUT2D eigenvalue weighted by Crippen LogP contribution is -2.48. The zero-order valence-electron chi connectivity index (χ0n) is 29.0. The van der Waals surface area contributed by atoms with Gasteiger partial charge in [-0.25, -0.2) is 4.79 Å². The van der Waals surface area contributed by atoms with Crippen molar-refractivity contribution in [2.75, 3.05) is 52.1 Å². The van der Waals surface area contributed by atoms with Crippen molar-refractivity contribution < 1.29 is 29.0 Å². The van der Waals surface area contributed by atoms with Crippen molar-refractivity contribution in [2.24, 2.45) is 0 Å². The van der Waals surface area contributed by atoms with E-state index in [4.69, 9.17) is 4.74 Å². The fourth-order valence-electron chi connectivity index (χ4n) is 6.40. The summed E-state index contributed by atoms with van der Waals surface area (Å²) in [6.45, 7) is 3.57. The number of benzene rings is 3. The Bertz CT molecular complexity index is 1800. The largest absolute Gasteiger partial charge is 0.506 e. The van der Waals surface area contributed by atoms with Gasteiger partial charge in [0.05, 0.1) is 44.5 Å². The molecule has 0 aliphatic carbocycles. The summed E-state index contributed by atoms with van der Waals surface area (Å²) in [7, 11) is 4.39. The molecule has 2 heterocycles. The van der Waals surface area contributed by atoms with Crippen LogP contribution in [0.15, 0.2) is 77.6 Å². The number of fused-ring (bicyclic) bond motifs is 1. The van der Waals surface area contributed by atoms with E-state index in [9.17, 15) is 24.6 Å². The Morgan fingerprint density at radius 3 is 2.50 bits per heavy atom. The molecule has 4 aromatic rings. The molecule has 1 fully saturated rings. The number of nitrogens with one attached hydrogen (secondary N) is 4. The van der Waals surface area contributed by atoms with Crippen LogP contribution in [0.4, 0.5) is 10.5 Å². The first-order chi connectivity index (χ1) is 24.1. The minimum Gasteiger partial charge on any atom is -0.506 e. The number of aromatic nitrogens is 1. The Balaban J connectivity index is 1.02. The molecule has 11 nitrogen and oxygen atoms in total. The highest BCUT2D eigenvalue weighted by atomic mass is 16.6. The third-order valence-corrected chi connectivity index (χ3v) is 9.39. The maximum atomic E-state index is 12.9. The first kappa shape index (κ1) is 36.6. The van der Waals surface area contributed by atoms with Gasteiger partial charge in [-0.1, -0.05) is 55.0 Å². The summed E-state index contributed by atoms with van der Waals surface area (Å²) in [5.41, 5.74) is 4.13. The van der Waals surface area contributed by atoms with E-state index in [0.29, 0.717) is 54.6 Å². The number of aliphatic hydroxyl groups is 1. The Labute approximate surface area is 293 Å². The number of carbonyl (C=O) groups excluding carboxylic acids is 2. The van der Waals surface area contributed by atoms with Crippen LogP contribution in [0.2, 0.25) is 0 Å². The lowest BCUT2D eigenvalue weighted by atomic mass is 9.99. The summed E-state index contributed by atoms with van der Waals surface area (Å²) in [6.07, 6.45) is 3.85. The number of hydrogen-bond acceptors (Lipinski definition) is 7. The highest BCUT2D eigenvalue weighted by Gasteiger charge is 2.28. The standard InChI is InChI=1S/C39H49N5O6/c1-44(2)23-19-29(20-24-44)50-39(49)42-33-25-27(11-13-30(33)28-9-5-3-6-10-28)12-17-36(47)41-22-8-4-7-21-40-26-35(46)31-14-16-34(45)38-32(31)15-18-37(48)43-38/h3,5-6,9-11,13-16,18,25,29,35,40,46H,4,7-8,12,17,19-24,26H2,1-2H3,(H3-,41,42,43,45,47,48,49)/p+1/t35-/m1/s1. The normalized spacial score (nSPS) is 15.0. The van der Waals surface area contributed by atoms with Gasteiger partial charge in [0.2, 0.25) is 11.5 Å². The lowest BCUT2D eigenvalue weighted by molar-refractivity contribution is -0.896. The number of pyridine rings is 1. The van der Waals surface area contributed by atoms with Crippen LogP contribution < -0.4 is 21.5 Å². The topological polar surface area (TPSA) is 153 Å². The second kappa shape index (κ2) is 17.3. The molecule has 1 saturated heterocycles. The number of carbonyl (C=O) groups is 2. The number of anilines is 1. The average molecular weight is 685 g/mol. The fraction of sp³-hybridized carbons (Fsp3) is 0.410. The maximum Gasteiger partial charge on any atom is 0.411 e. The molecule has 3 aromatic carbocycles. The predicted molar refractivity (Wildman–Crippen MR) is 196 cm³/mol. The number of aromatic amines is 1. The number of piperidine rings is 1. The number of phenolic OH excluding ortho intramolecular Hbond substituents is 1. The molecular weight excluding hydrogens is 634 g/mol. The van der Waals surface area contributed by atoms with E-state index in [-0.39, 0.29) is 23.3 Å². The molecule has 0 bridgehead atoms. The molecule has 0 unspecified atom stereocenters. The highest BCUT2D eigenvalue weighted by molar-refractivity contribution is 5.92. The number of hydrogen-bond donors (Lipinski definition) is 6. The molecule has 5 rings (SSSR count). The Morgan fingerprint density at radius 2 is 1.72 bits per heavy atom. The van der Waals surface area contributed by atoms with Gasteiger partial charge in [0, 0.05) is 49.4 Å². The monoisotopic (exact) mass is 684 g/mol. The van der Waals surface area contributed by atoms with E-state index in [2.05, 4.69) is 35.0 Å². The molecule has 1 aliphatic heterocycles. The minimum absolute atomic E-state index is 0.0200. The van der Waals surface area contributed by atoms with Gasteiger partial charge in [-0.2, -0.15) is 0 Å². The molecule has 2 amide bonds. The van der Waals surface area contributed by atoms with Crippen LogP contribution >= 0.6 is 0 Å². The van der Waals surface area contributed by atoms with Gasteiger partial charge in [-0.15, -0.1) is 0 Å². The van der Waals surface area contributed by atoms with Crippen molar-refractivity contribution in [2.45, 2.75) is 57.2 Å². The van der Waals surface area contributed by atoms with Crippen LogP contribution in [0.3, 0.4) is 0 Å². The lowest BCUT2D eigenvalue weighted by Gasteiger charge is -2.36. The van der Waals surface area contributed by atoms with Crippen molar-refractivity contribution in [3.05, 3.63) is 94.3 Å². The number of aromatic hydroxyl groups is 1. The number of quaternary nitrogens is 1. The third-order valence-electron chi connectivity index (χ3n) is 9.39. The summed E-state index contributed by atoms with van der Waals surface area (Å²) in [4.78, 5) is 39.8. The zero-order chi connectivity index (χ0) is 35.5. The van der Waals surface area contributed by atoms with E-state index in [1.54, 1.807) is 12.1 Å². The molecule has 0 saturated carbocycles. The second-order valence-electron chi connectivity index (χ2n) is 13.8. The smallest absolute Gasteiger partial charge is 0.411 e. The Hall–Kier alpha value is -4.71. The van der Waals surface area contributed by atoms with Gasteiger partial charge in [0.15, 0.2) is 0 Å². The summed E-state index contributed by atoms with van der Waals surface area (Å²) in [5, 5.41) is 30.6. The van der Waals surface area contributed by atoms with Crippen LogP contribution in [0.5, 0.6) is 5.75 Å². The highest BCUT2D eigenvalue weighted by Crippen LogP contribution is 2.31. The molecule has 1 atom stereocenters. The van der Waals surface area contributed by atoms with Crippen molar-refractivity contribution >= 4 is 28.6 Å². The fourth-order valence-corrected chi connectivity index (χ4v) is 6.40. The number of H-pyrrole nitrogens is 1. The first-order valence-electron chi connectivity index (χ1n) is 17.6. The van der Waals surface area contributed by atoms with E-state index in [1.165, 1.54) is 12.1 Å². The average Bonchev–Trinajstić information content (AvgIpc) is 3.10. The first-order valence-corrected chi connectivity index (χ1v) is 17.6. The SMILES string of the molecule is C[N+]1(C)CCC(OC(=O)Nc2cc(CCC(=O)NCCCCCNC[C@@H](O)c3ccc(O)c4[nH]c(=O)ccc34)ccc2-c2ccccc2)CC1. The van der Waals surface area contributed by atoms with Gasteiger partial charge >= 0.3 is 6.09 Å². The van der Waals surface area contributed by atoms with Gasteiger partial charge in [0.1, 0.15) is 11.9 Å². The number of likely N-dealkylation sites (tertiary alicyclic amines) is 1. The number of aryl methyl sites for hydroxylation is 1. The summed E-state index contributed by atoms with van der Waals surface area (Å²) in [5.74, 6) is -0.0569. The number of nitrogens with zero attached hydrogens (tertiary/aromatic N) is 1. The van der Waals surface area contributed by atoms with Gasteiger partial charge in [-0.05, 0) is 60.7 Å². The van der Waals surface area contributed by atoms with Gasteiger partial charge in [0.25, 0.3) is 0 Å². The van der Waals surface area contributed by atoms with Crippen LogP contribution in [-0.2, 0) is 16.0 Å². The van der Waals surface area contributed by atoms with E-state index < -0.39 is 12.2 Å². The molecule has 1 aromatic heterocycles. The van der Waals surface area contributed by atoms with Gasteiger partial charge < -0.3 is 35.1 Å². The summed E-state index contributed by atoms with van der Waals surface area (Å²) >= 11 is 0. The molecule has 1 aliphatic rings. The number of ether oxygens (including phenoxy) is 1. The third kappa shape index (κ3) is 10.4. The molecule has 0 radical (unpaired) electrons. The zero-order valence-corrected chi connectivity index (χ0v) is 29.0. The number of unbranched alkanes of at least 4 members (excludes halogenated alkanes) is 2. The van der Waals surface area contributed by atoms with Crippen molar-refractivity contribution in [1.82, 2.24) is 15.6 Å². The summed E-state index contributed by atoms with van der Waals surface area (Å²) in [6, 6.07) is 21.9. The van der Waals surface area contributed by atoms with E-state index in [1.807, 2.05) is 48.5 Å². The molecule has 266 valence electrons. The van der Waals surface area contributed by atoms with Crippen molar-refractivity contribution in [3.63, 3.8) is 0 Å². The van der Waals surface area contributed by atoms with E-state index >= 15 is 0 Å². The quantitative estimate of drug-likeness (QED) is 0.0741. The van der Waals surface area contributed by atoms with Crippen molar-refractivity contribution in [3.8, 4) is 16.9 Å². The van der Waals surface area contributed by atoms with Crippen LogP contribution in [0.1, 0.15) is 55.8 Å². The second-order valence-corrected chi connectivity index (χ2v) is 13.8. The van der Waals surface area contributed by atoms with E-state index in [0.717, 1.165) is 66.4 Å². The maximum absolute atomic E-state index is 12.9. The summed E-state index contributed by atoms with van der Waals surface area (Å²) < 4.78 is 6.73. The Morgan fingerprint density at radius 1 is 0.960 bits per heavy atom. The number of phenols is 1. The van der Waals surface area contributed by atoms with Crippen LogP contribution in [-0.4, -0.2) is 84.6 Å². The predicted octanol–water partition coefficient (Wildman–Crippen LogP) is 5.23. The number of rotatable bonds is 15. The molecule has 11 heteroatoms. The molecule has 0 spiro atoms. The molecule has 6 N–H and O–H groups in total. The number of amides is 2. The van der Waals surface area contributed by atoms with Crippen LogP contribution in [0, 0.1) is 0 Å². The molecular formula is C39H50N5O6+. The van der Waals surface area contributed by atoms with Crippen LogP contribution in [0.25, 0.3) is 22.0 Å². The minimum atomic E-state index is -0.799. The number of aliphatic hydroxyl groups excluding tert-OH is 1. The van der Waals surface area contributed by atoms with Crippen molar-refractivity contribution in [1.29, 1.82) is 0 Å². The Kier molecular flexibility index (Phi) is 12.6. The van der Waals surface area contributed by atoms with Gasteiger partial charge in [-0.3, -0.25) is 14.9 Å². The molecule has 50 heavy (non-hydrogen) atoms.